The van der Waals surface area contributed by atoms with Gasteiger partial charge in [0.2, 0.25) is 5.36 Å². The standard InChI is InChI=1S/C28H39NO7S/c1-5-34-23-19-26-24(28(3,4)20-23)17-21-12-13-22(18-25(21)36-26)29(15-10-16-37(31,32)33)14-9-7-8-11-27(30)35-6-2/h12-13,17-19H,5-11,14-16,20H2,1-4H3/p+1. The summed E-state index contributed by atoms with van der Waals surface area (Å²) >= 11 is 0. The topological polar surface area (TPSA) is 106 Å². The number of ether oxygens (including phenoxy) is 2. The molecule has 0 radical (unpaired) electrons. The lowest BCUT2D eigenvalue weighted by atomic mass is 9.76. The van der Waals surface area contributed by atoms with Gasteiger partial charge in [0, 0.05) is 54.4 Å². The van der Waals surface area contributed by atoms with Crippen LogP contribution >= 0.6 is 0 Å². The van der Waals surface area contributed by atoms with E-state index in [2.05, 4.69) is 24.5 Å². The van der Waals surface area contributed by atoms with E-state index in [0.29, 0.717) is 39.1 Å². The molecule has 1 heterocycles. The van der Waals surface area contributed by atoms with E-state index < -0.39 is 10.1 Å². The molecular formula is C28H40NO7S+. The highest BCUT2D eigenvalue weighted by Crippen LogP contribution is 2.41. The van der Waals surface area contributed by atoms with Gasteiger partial charge in [-0.2, -0.15) is 8.42 Å². The van der Waals surface area contributed by atoms with Crippen molar-refractivity contribution in [3.05, 3.63) is 46.7 Å². The number of rotatable bonds is 13. The lowest BCUT2D eigenvalue weighted by Gasteiger charge is -2.32. The van der Waals surface area contributed by atoms with Crippen molar-refractivity contribution >= 4 is 22.2 Å². The molecule has 3 rings (SSSR count). The Labute approximate surface area is 220 Å². The van der Waals surface area contributed by atoms with Gasteiger partial charge in [0.15, 0.2) is 0 Å². The van der Waals surface area contributed by atoms with Crippen molar-refractivity contribution < 1.29 is 31.7 Å². The predicted octanol–water partition coefficient (Wildman–Crippen LogP) is 4.62. The molecule has 0 aromatic carbocycles. The summed E-state index contributed by atoms with van der Waals surface area (Å²) in [6.45, 7) is 10.3. The van der Waals surface area contributed by atoms with Crippen LogP contribution in [0.5, 0.6) is 0 Å². The zero-order chi connectivity index (χ0) is 27.1. The third kappa shape index (κ3) is 8.43. The number of hydrogen-bond donors (Lipinski definition) is 1. The van der Waals surface area contributed by atoms with Gasteiger partial charge in [-0.3, -0.25) is 9.35 Å². The average Bonchev–Trinajstić information content (AvgIpc) is 2.80. The van der Waals surface area contributed by atoms with E-state index >= 15 is 0 Å². The maximum atomic E-state index is 11.6. The number of esters is 1. The molecular weight excluding hydrogens is 494 g/mol. The Bertz CT molecular complexity index is 1260. The number of hydrogen-bond acceptors (Lipinski definition) is 6. The van der Waals surface area contributed by atoms with Gasteiger partial charge < -0.3 is 13.9 Å². The van der Waals surface area contributed by atoms with Crippen molar-refractivity contribution in [3.63, 3.8) is 0 Å². The van der Waals surface area contributed by atoms with Crippen molar-refractivity contribution in [2.45, 2.75) is 71.6 Å². The van der Waals surface area contributed by atoms with Crippen molar-refractivity contribution in [3.8, 4) is 11.3 Å². The molecule has 204 valence electrons. The van der Waals surface area contributed by atoms with Crippen molar-refractivity contribution in [1.29, 1.82) is 0 Å². The van der Waals surface area contributed by atoms with Crippen LogP contribution in [0.1, 0.15) is 77.5 Å². The molecule has 0 aromatic rings. The third-order valence-electron chi connectivity index (χ3n) is 6.56. The van der Waals surface area contributed by atoms with Crippen LogP contribution in [0.15, 0.2) is 34.4 Å². The van der Waals surface area contributed by atoms with E-state index in [0.717, 1.165) is 59.4 Å². The minimum Gasteiger partial charge on any atom is -0.498 e. The van der Waals surface area contributed by atoms with Gasteiger partial charge in [0.05, 0.1) is 25.0 Å². The van der Waals surface area contributed by atoms with Crippen LogP contribution in [-0.4, -0.2) is 51.0 Å². The summed E-state index contributed by atoms with van der Waals surface area (Å²) in [5, 5.41) is 0.918. The minimum atomic E-state index is -4.03. The molecule has 0 bridgehead atoms. The van der Waals surface area contributed by atoms with Crippen LogP contribution in [0.3, 0.4) is 0 Å². The molecule has 0 atom stereocenters. The number of nitrogens with zero attached hydrogens (tertiary/aromatic N) is 1. The molecule has 0 unspecified atom stereocenters. The van der Waals surface area contributed by atoms with Gasteiger partial charge in [-0.1, -0.05) is 13.8 Å². The summed E-state index contributed by atoms with van der Waals surface area (Å²) < 4.78 is 51.0. The number of carbonyl (C=O) groups excluding carboxylic acids is 1. The van der Waals surface area contributed by atoms with Gasteiger partial charge in [-0.25, -0.2) is 4.58 Å². The second-order valence-electron chi connectivity index (χ2n) is 10.1. The van der Waals surface area contributed by atoms with Gasteiger partial charge in [0.1, 0.15) is 30.4 Å². The first kappa shape index (κ1) is 28.9. The Balaban J connectivity index is 1.89. The molecule has 0 fully saturated rings. The first-order chi connectivity index (χ1) is 17.5. The van der Waals surface area contributed by atoms with E-state index in [1.54, 1.807) is 6.92 Å². The van der Waals surface area contributed by atoms with E-state index in [-0.39, 0.29) is 17.1 Å². The van der Waals surface area contributed by atoms with Crippen LogP contribution < -0.4 is 9.93 Å². The second kappa shape index (κ2) is 12.7. The maximum absolute atomic E-state index is 11.6. The van der Waals surface area contributed by atoms with Crippen molar-refractivity contribution in [2.24, 2.45) is 0 Å². The summed E-state index contributed by atoms with van der Waals surface area (Å²) in [6, 6.07) is 8.21. The fourth-order valence-corrected chi connectivity index (χ4v) is 5.25. The highest BCUT2D eigenvalue weighted by molar-refractivity contribution is 7.85. The Kier molecular flexibility index (Phi) is 9.95. The highest BCUT2D eigenvalue weighted by Gasteiger charge is 2.32. The Morgan fingerprint density at radius 1 is 1.08 bits per heavy atom. The SMILES string of the molecule is CCOC(=O)CCCCC[N+](CCCS(=O)(=O)O)=c1ccc2cc3c(oc-2c1)C=C(OCC)CC3(C)C. The van der Waals surface area contributed by atoms with Crippen LogP contribution in [0.2, 0.25) is 0 Å². The molecule has 9 heteroatoms. The van der Waals surface area contributed by atoms with Crippen LogP contribution in [0, 0.1) is 0 Å². The number of fused-ring (bicyclic) bond motifs is 2. The lowest BCUT2D eigenvalue weighted by molar-refractivity contribution is -0.143. The predicted molar refractivity (Wildman–Crippen MR) is 144 cm³/mol. The van der Waals surface area contributed by atoms with Gasteiger partial charge >= 0.3 is 5.97 Å². The monoisotopic (exact) mass is 534 g/mol. The number of allylic oxidation sites excluding steroid dienone is 1. The smallest absolute Gasteiger partial charge is 0.305 e. The lowest BCUT2D eigenvalue weighted by Crippen LogP contribution is -2.33. The molecule has 37 heavy (non-hydrogen) atoms. The van der Waals surface area contributed by atoms with E-state index in [4.69, 9.17) is 13.9 Å². The molecule has 0 amide bonds. The summed E-state index contributed by atoms with van der Waals surface area (Å²) in [6.07, 6.45) is 5.90. The normalized spacial score (nSPS) is 15.6. The number of carbonyl (C=O) groups is 1. The van der Waals surface area contributed by atoms with Crippen molar-refractivity contribution in [2.75, 3.05) is 32.1 Å². The molecule has 1 aliphatic heterocycles. The molecule has 8 nitrogen and oxygen atoms in total. The van der Waals surface area contributed by atoms with Gasteiger partial charge in [0.25, 0.3) is 10.1 Å². The van der Waals surface area contributed by atoms with E-state index in [9.17, 15) is 17.8 Å². The number of benzene rings is 1. The van der Waals surface area contributed by atoms with Crippen molar-refractivity contribution in [1.82, 2.24) is 4.58 Å². The number of unbranched alkanes of at least 4 members (excludes halogenated alkanes) is 2. The van der Waals surface area contributed by atoms with E-state index in [1.165, 1.54) is 0 Å². The quantitative estimate of drug-likeness (QED) is 0.173. The fraction of sp³-hybridized carbons (Fsp3) is 0.571. The zero-order valence-electron chi connectivity index (χ0n) is 22.4. The first-order valence-electron chi connectivity index (χ1n) is 13.1. The Hall–Kier alpha value is -2.65. The fourth-order valence-electron chi connectivity index (χ4n) is 4.76. The second-order valence-corrected chi connectivity index (χ2v) is 11.7. The summed E-state index contributed by atoms with van der Waals surface area (Å²) in [5.41, 5.74) is 2.02. The Morgan fingerprint density at radius 2 is 1.84 bits per heavy atom. The zero-order valence-corrected chi connectivity index (χ0v) is 23.2. The van der Waals surface area contributed by atoms with Gasteiger partial charge in [-0.15, -0.1) is 0 Å². The molecule has 0 saturated heterocycles. The largest absolute Gasteiger partial charge is 0.498 e. The van der Waals surface area contributed by atoms with Crippen LogP contribution in [0.4, 0.5) is 0 Å². The minimum absolute atomic E-state index is 0.115. The molecule has 0 aromatic heterocycles. The molecule has 3 aliphatic rings. The summed E-state index contributed by atoms with van der Waals surface area (Å²) in [4.78, 5) is 11.6. The average molecular weight is 535 g/mol. The molecule has 0 saturated carbocycles. The van der Waals surface area contributed by atoms with Gasteiger partial charge in [-0.05, 0) is 38.8 Å². The Morgan fingerprint density at radius 3 is 2.54 bits per heavy atom. The first-order valence-corrected chi connectivity index (χ1v) is 14.7. The van der Waals surface area contributed by atoms with E-state index in [1.807, 2.05) is 31.2 Å². The van der Waals surface area contributed by atoms with Crippen LogP contribution in [0.25, 0.3) is 17.4 Å². The molecule has 0 spiro atoms. The van der Waals surface area contributed by atoms with Crippen LogP contribution in [-0.2, 0) is 29.8 Å². The highest BCUT2D eigenvalue weighted by atomic mass is 32.2. The summed E-state index contributed by atoms with van der Waals surface area (Å²) in [5.74, 6) is 1.97. The molecule has 1 N–H and O–H groups in total. The molecule has 2 aliphatic carbocycles. The summed E-state index contributed by atoms with van der Waals surface area (Å²) in [7, 11) is -4.03. The maximum Gasteiger partial charge on any atom is 0.305 e. The third-order valence-corrected chi connectivity index (χ3v) is 7.36.